The van der Waals surface area contributed by atoms with Crippen LogP contribution in [0.5, 0.6) is 0 Å². The maximum absolute atomic E-state index is 13.0. The van der Waals surface area contributed by atoms with Crippen LogP contribution in [0.1, 0.15) is 78.4 Å². The van der Waals surface area contributed by atoms with Crippen molar-refractivity contribution in [1.82, 2.24) is 5.32 Å². The van der Waals surface area contributed by atoms with Crippen molar-refractivity contribution in [2.45, 2.75) is 67.2 Å². The first-order chi connectivity index (χ1) is 16.0. The second-order valence-corrected chi connectivity index (χ2v) is 9.57. The van der Waals surface area contributed by atoms with Gasteiger partial charge in [-0.05, 0) is 56.7 Å². The number of ketones is 1. The number of esters is 2. The van der Waals surface area contributed by atoms with Crippen molar-refractivity contribution in [3.05, 3.63) is 64.0 Å². The van der Waals surface area contributed by atoms with Crippen molar-refractivity contribution >= 4 is 23.8 Å². The molecule has 6 nitrogen and oxygen atoms in total. The van der Waals surface area contributed by atoms with Gasteiger partial charge in [-0.15, -0.1) is 0 Å². The predicted molar refractivity (Wildman–Crippen MR) is 134 cm³/mol. The van der Waals surface area contributed by atoms with Crippen molar-refractivity contribution in [2.24, 2.45) is 5.41 Å². The third kappa shape index (κ3) is 6.92. The molecule has 0 spiro atoms. The highest BCUT2D eigenvalue weighted by Crippen LogP contribution is 2.41. The van der Waals surface area contributed by atoms with Gasteiger partial charge in [0.15, 0.2) is 5.78 Å². The minimum atomic E-state index is -0.690. The zero-order valence-electron chi connectivity index (χ0n) is 21.4. The topological polar surface area (TPSA) is 81.7 Å². The monoisotopic (exact) mass is 467 g/mol. The summed E-state index contributed by atoms with van der Waals surface area (Å²) in [5.74, 6) is -1.65. The van der Waals surface area contributed by atoms with Crippen LogP contribution >= 0.6 is 0 Å². The maximum atomic E-state index is 13.0. The number of benzene rings is 1. The summed E-state index contributed by atoms with van der Waals surface area (Å²) in [5.41, 5.74) is 3.51. The number of dihydropyridines is 1. The highest BCUT2D eigenvalue weighted by atomic mass is 16.5. The van der Waals surface area contributed by atoms with Gasteiger partial charge in [-0.25, -0.2) is 9.59 Å². The van der Waals surface area contributed by atoms with E-state index in [4.69, 9.17) is 9.47 Å². The summed E-state index contributed by atoms with van der Waals surface area (Å²) >= 11 is 0. The fourth-order valence-electron chi connectivity index (χ4n) is 3.95. The minimum Gasteiger partial charge on any atom is -0.463 e. The highest BCUT2D eigenvalue weighted by molar-refractivity contribution is 6.00. The number of hydrogen-bond donors (Lipinski definition) is 1. The first-order valence-electron chi connectivity index (χ1n) is 11.8. The first kappa shape index (κ1) is 27.1. The van der Waals surface area contributed by atoms with E-state index in [0.717, 1.165) is 17.5 Å². The van der Waals surface area contributed by atoms with E-state index >= 15 is 0 Å². The zero-order chi connectivity index (χ0) is 25.5. The normalized spacial score (nSPS) is 14.9. The number of rotatable bonds is 9. The highest BCUT2D eigenvalue weighted by Gasteiger charge is 2.38. The number of carbonyl (C=O) groups excluding carboxylic acids is 3. The van der Waals surface area contributed by atoms with Gasteiger partial charge in [0.2, 0.25) is 0 Å². The fourth-order valence-corrected chi connectivity index (χ4v) is 3.95. The van der Waals surface area contributed by atoms with E-state index in [9.17, 15) is 14.4 Å². The Bertz CT molecular complexity index is 983. The van der Waals surface area contributed by atoms with Crippen LogP contribution in [0, 0.1) is 5.41 Å². The van der Waals surface area contributed by atoms with Gasteiger partial charge in [-0.2, -0.15) is 0 Å². The van der Waals surface area contributed by atoms with Crippen LogP contribution in [0.25, 0.3) is 6.08 Å². The summed E-state index contributed by atoms with van der Waals surface area (Å²) in [6.45, 7) is 13.8. The third-order valence-corrected chi connectivity index (χ3v) is 5.63. The van der Waals surface area contributed by atoms with Crippen LogP contribution in [-0.2, 0) is 23.9 Å². The lowest BCUT2D eigenvalue weighted by molar-refractivity contribution is -0.139. The largest absolute Gasteiger partial charge is 0.463 e. The Balaban J connectivity index is 2.58. The molecule has 1 aliphatic rings. The summed E-state index contributed by atoms with van der Waals surface area (Å²) in [5, 5.41) is 3.14. The molecule has 1 N–H and O–H groups in total. The van der Waals surface area contributed by atoms with Gasteiger partial charge in [0, 0.05) is 17.8 Å². The Morgan fingerprint density at radius 1 is 0.941 bits per heavy atom. The van der Waals surface area contributed by atoms with Gasteiger partial charge in [-0.3, -0.25) is 4.79 Å². The van der Waals surface area contributed by atoms with Gasteiger partial charge in [-0.1, -0.05) is 51.1 Å². The average Bonchev–Trinajstić information content (AvgIpc) is 2.75. The lowest BCUT2D eigenvalue weighted by atomic mass is 9.78. The lowest BCUT2D eigenvalue weighted by Crippen LogP contribution is -2.32. The Morgan fingerprint density at radius 3 is 1.97 bits per heavy atom. The lowest BCUT2D eigenvalue weighted by Gasteiger charge is -2.31. The summed E-state index contributed by atoms with van der Waals surface area (Å²) in [7, 11) is 0. The quantitative estimate of drug-likeness (QED) is 0.384. The number of ether oxygens (including phenoxy) is 2. The molecule has 6 heteroatoms. The van der Waals surface area contributed by atoms with Crippen LogP contribution in [-0.4, -0.2) is 30.9 Å². The molecule has 0 fully saturated rings. The van der Waals surface area contributed by atoms with Gasteiger partial charge >= 0.3 is 11.9 Å². The Labute approximate surface area is 203 Å². The molecule has 1 heterocycles. The van der Waals surface area contributed by atoms with Gasteiger partial charge in [0.1, 0.15) is 0 Å². The molecular weight excluding hydrogens is 430 g/mol. The summed E-state index contributed by atoms with van der Waals surface area (Å²) in [4.78, 5) is 38.5. The first-order valence-corrected chi connectivity index (χ1v) is 11.8. The number of carbonyl (C=O) groups is 3. The van der Waals surface area contributed by atoms with E-state index in [1.165, 1.54) is 0 Å². The van der Waals surface area contributed by atoms with E-state index in [1.54, 1.807) is 39.8 Å². The molecule has 1 aromatic carbocycles. The van der Waals surface area contributed by atoms with Crippen molar-refractivity contribution in [3.63, 3.8) is 0 Å². The van der Waals surface area contributed by atoms with Gasteiger partial charge in [0.05, 0.1) is 30.3 Å². The number of nitrogens with one attached hydrogen (secondary N) is 1. The Hall–Kier alpha value is -3.15. The van der Waals surface area contributed by atoms with Gasteiger partial charge < -0.3 is 14.8 Å². The van der Waals surface area contributed by atoms with Gasteiger partial charge in [0.25, 0.3) is 0 Å². The van der Waals surface area contributed by atoms with Crippen molar-refractivity contribution < 1.29 is 23.9 Å². The molecule has 2 rings (SSSR count). The zero-order valence-corrected chi connectivity index (χ0v) is 21.4. The van der Waals surface area contributed by atoms with Crippen molar-refractivity contribution in [2.75, 3.05) is 13.2 Å². The number of hydrogen-bond acceptors (Lipinski definition) is 6. The van der Waals surface area contributed by atoms with E-state index in [1.807, 2.05) is 24.3 Å². The molecule has 0 radical (unpaired) electrons. The standard InChI is InChI=1S/C28H37NO5/c1-8-33-26(31)23-18(3)29-19(4)24(27(32)34-9-2)25(23)22-13-11-10-12-20(22)14-15-21(30)16-17-28(5,6)7/h10-15,25,29H,8-9,16-17H2,1-7H3/b15-14+. The van der Waals surface area contributed by atoms with Crippen LogP contribution < -0.4 is 5.32 Å². The molecule has 0 aliphatic carbocycles. The third-order valence-electron chi connectivity index (χ3n) is 5.63. The molecule has 184 valence electrons. The van der Waals surface area contributed by atoms with Crippen LogP contribution in [0.15, 0.2) is 52.9 Å². The molecule has 1 aromatic rings. The summed E-state index contributed by atoms with van der Waals surface area (Å²) < 4.78 is 10.7. The van der Waals surface area contributed by atoms with Crippen LogP contribution in [0.4, 0.5) is 0 Å². The molecule has 0 amide bonds. The molecule has 1 aliphatic heterocycles. The molecule has 0 saturated heterocycles. The van der Waals surface area contributed by atoms with E-state index in [2.05, 4.69) is 26.1 Å². The Kier molecular flexibility index (Phi) is 9.42. The predicted octanol–water partition coefficient (Wildman–Crippen LogP) is 5.46. The van der Waals surface area contributed by atoms with Crippen LogP contribution in [0.3, 0.4) is 0 Å². The second kappa shape index (κ2) is 11.8. The maximum Gasteiger partial charge on any atom is 0.336 e. The molecule has 0 bridgehead atoms. The summed E-state index contributed by atoms with van der Waals surface area (Å²) in [6, 6.07) is 7.47. The molecule has 0 aromatic heterocycles. The smallest absolute Gasteiger partial charge is 0.336 e. The molecule has 0 atom stereocenters. The van der Waals surface area contributed by atoms with E-state index < -0.39 is 17.9 Å². The fraction of sp³-hybridized carbons (Fsp3) is 0.464. The van der Waals surface area contributed by atoms with E-state index in [-0.39, 0.29) is 24.4 Å². The Morgan fingerprint density at radius 2 is 1.47 bits per heavy atom. The average molecular weight is 468 g/mol. The molecule has 0 unspecified atom stereocenters. The summed E-state index contributed by atoms with van der Waals surface area (Å²) in [6.07, 6.45) is 4.58. The minimum absolute atomic E-state index is 0.0321. The van der Waals surface area contributed by atoms with E-state index in [0.29, 0.717) is 29.0 Å². The van der Waals surface area contributed by atoms with Crippen molar-refractivity contribution in [3.8, 4) is 0 Å². The molecule has 34 heavy (non-hydrogen) atoms. The van der Waals surface area contributed by atoms with Crippen molar-refractivity contribution in [1.29, 1.82) is 0 Å². The number of allylic oxidation sites excluding steroid dienone is 3. The molecular formula is C28H37NO5. The SMILES string of the molecule is CCOC(=O)C1=C(C)NC(C)=C(C(=O)OCC)C1c1ccccc1/C=C/C(=O)CCC(C)(C)C. The molecule has 0 saturated carbocycles. The van der Waals surface area contributed by atoms with Crippen LogP contribution in [0.2, 0.25) is 0 Å². The second-order valence-electron chi connectivity index (χ2n) is 9.57.